The van der Waals surface area contributed by atoms with Crippen LogP contribution >= 0.6 is 15.9 Å². The summed E-state index contributed by atoms with van der Waals surface area (Å²) in [5.41, 5.74) is 2.65. The quantitative estimate of drug-likeness (QED) is 0.885. The molecule has 4 heteroatoms. The third-order valence-electron chi connectivity index (χ3n) is 3.26. The molecule has 0 aliphatic heterocycles. The van der Waals surface area contributed by atoms with Crippen LogP contribution in [0.2, 0.25) is 0 Å². The van der Waals surface area contributed by atoms with Crippen LogP contribution < -0.4 is 5.32 Å². The number of nitrogens with zero attached hydrogens (tertiary/aromatic N) is 2. The molecule has 0 spiro atoms. The van der Waals surface area contributed by atoms with Gasteiger partial charge in [0.05, 0.1) is 6.20 Å². The maximum absolute atomic E-state index is 4.35. The Morgan fingerprint density at radius 2 is 2.26 bits per heavy atom. The average Bonchev–Trinajstić information content (AvgIpc) is 2.86. The fraction of sp³-hybridized carbons (Fsp3) is 0.400. The van der Waals surface area contributed by atoms with Crippen molar-refractivity contribution < 1.29 is 0 Å². The molecule has 102 valence electrons. The highest BCUT2D eigenvalue weighted by atomic mass is 79.9. The van der Waals surface area contributed by atoms with E-state index in [0.717, 1.165) is 24.0 Å². The van der Waals surface area contributed by atoms with Gasteiger partial charge in [0, 0.05) is 29.7 Å². The molecule has 2 aromatic rings. The summed E-state index contributed by atoms with van der Waals surface area (Å²) in [6, 6.07) is 8.55. The molecule has 1 N–H and O–H groups in total. The molecule has 0 amide bonds. The van der Waals surface area contributed by atoms with E-state index in [2.05, 4.69) is 63.7 Å². The molecule has 0 aliphatic rings. The Labute approximate surface area is 123 Å². The molecule has 0 radical (unpaired) electrons. The van der Waals surface area contributed by atoms with Crippen molar-refractivity contribution in [2.75, 3.05) is 13.6 Å². The van der Waals surface area contributed by atoms with Crippen LogP contribution in [0.5, 0.6) is 0 Å². The summed E-state index contributed by atoms with van der Waals surface area (Å²) in [6.45, 7) is 4.00. The monoisotopic (exact) mass is 321 g/mol. The predicted octanol–water partition coefficient (Wildman–Crippen LogP) is 3.21. The van der Waals surface area contributed by atoms with E-state index in [-0.39, 0.29) is 0 Å². The largest absolute Gasteiger partial charge is 0.319 e. The first-order chi connectivity index (χ1) is 9.22. The lowest BCUT2D eigenvalue weighted by Crippen LogP contribution is -2.19. The highest BCUT2D eigenvalue weighted by molar-refractivity contribution is 9.10. The third kappa shape index (κ3) is 3.91. The number of likely N-dealkylation sites (N-methyl/N-ethyl adjacent to an activating group) is 1. The lowest BCUT2D eigenvalue weighted by Gasteiger charge is -2.16. The first kappa shape index (κ1) is 14.3. The van der Waals surface area contributed by atoms with Gasteiger partial charge in [-0.05, 0) is 43.7 Å². The van der Waals surface area contributed by atoms with Crippen LogP contribution in [-0.2, 0) is 13.0 Å². The number of aromatic nitrogens is 2. The standard InChI is InChI=1S/C15H20BrN3/c1-3-19-11-12(9-18-19)7-14(10-17-2)13-5-4-6-15(16)8-13/h4-6,8-9,11,14,17H,3,7,10H2,1-2H3. The molecule has 0 aliphatic carbocycles. The highest BCUT2D eigenvalue weighted by Crippen LogP contribution is 2.23. The summed E-state index contributed by atoms with van der Waals surface area (Å²) in [5.74, 6) is 0.469. The lowest BCUT2D eigenvalue weighted by molar-refractivity contribution is 0.623. The Hall–Kier alpha value is -1.13. The van der Waals surface area contributed by atoms with Gasteiger partial charge in [-0.3, -0.25) is 4.68 Å². The average molecular weight is 322 g/mol. The molecule has 0 bridgehead atoms. The van der Waals surface area contributed by atoms with Gasteiger partial charge in [-0.2, -0.15) is 5.10 Å². The van der Waals surface area contributed by atoms with Crippen molar-refractivity contribution >= 4 is 15.9 Å². The lowest BCUT2D eigenvalue weighted by atomic mass is 9.93. The number of nitrogens with one attached hydrogen (secondary N) is 1. The van der Waals surface area contributed by atoms with E-state index in [9.17, 15) is 0 Å². The number of aryl methyl sites for hydroxylation is 1. The molecule has 0 fully saturated rings. The fourth-order valence-corrected chi connectivity index (χ4v) is 2.70. The van der Waals surface area contributed by atoms with Gasteiger partial charge >= 0.3 is 0 Å². The van der Waals surface area contributed by atoms with Crippen LogP contribution in [0.1, 0.15) is 24.0 Å². The van der Waals surface area contributed by atoms with Gasteiger partial charge in [0.15, 0.2) is 0 Å². The zero-order valence-electron chi connectivity index (χ0n) is 11.4. The van der Waals surface area contributed by atoms with Crippen LogP contribution in [0.15, 0.2) is 41.1 Å². The van der Waals surface area contributed by atoms with Crippen LogP contribution in [-0.4, -0.2) is 23.4 Å². The van der Waals surface area contributed by atoms with Crippen LogP contribution in [0.4, 0.5) is 0 Å². The summed E-state index contributed by atoms with van der Waals surface area (Å²) in [6.07, 6.45) is 5.13. The molecule has 19 heavy (non-hydrogen) atoms. The van der Waals surface area contributed by atoms with Crippen molar-refractivity contribution in [1.29, 1.82) is 0 Å². The van der Waals surface area contributed by atoms with E-state index in [1.165, 1.54) is 11.1 Å². The zero-order chi connectivity index (χ0) is 13.7. The van der Waals surface area contributed by atoms with Crippen LogP contribution in [0.25, 0.3) is 0 Å². The van der Waals surface area contributed by atoms with Gasteiger partial charge in [-0.1, -0.05) is 28.1 Å². The Morgan fingerprint density at radius 3 is 2.89 bits per heavy atom. The Bertz CT molecular complexity index is 522. The van der Waals surface area contributed by atoms with Crippen molar-refractivity contribution in [3.05, 3.63) is 52.3 Å². The molecule has 1 unspecified atom stereocenters. The molecular formula is C15H20BrN3. The Balaban J connectivity index is 2.15. The van der Waals surface area contributed by atoms with Gasteiger partial charge in [0.25, 0.3) is 0 Å². The minimum Gasteiger partial charge on any atom is -0.319 e. The normalized spacial score (nSPS) is 12.6. The third-order valence-corrected chi connectivity index (χ3v) is 3.76. The van der Waals surface area contributed by atoms with Crippen molar-refractivity contribution in [3.63, 3.8) is 0 Å². The number of benzene rings is 1. The van der Waals surface area contributed by atoms with E-state index in [1.54, 1.807) is 0 Å². The number of halogens is 1. The molecule has 2 rings (SSSR count). The first-order valence-corrected chi connectivity index (χ1v) is 7.43. The topological polar surface area (TPSA) is 29.9 Å². The van der Waals surface area contributed by atoms with Crippen LogP contribution in [0, 0.1) is 0 Å². The molecule has 0 saturated heterocycles. The summed E-state index contributed by atoms with van der Waals surface area (Å²) >= 11 is 3.55. The highest BCUT2D eigenvalue weighted by Gasteiger charge is 2.13. The Morgan fingerprint density at radius 1 is 1.42 bits per heavy atom. The van der Waals surface area contributed by atoms with Gasteiger partial charge in [0.1, 0.15) is 0 Å². The second kappa shape index (κ2) is 6.87. The van der Waals surface area contributed by atoms with E-state index in [0.29, 0.717) is 5.92 Å². The summed E-state index contributed by atoms with van der Waals surface area (Å²) in [5, 5.41) is 7.63. The maximum atomic E-state index is 4.35. The zero-order valence-corrected chi connectivity index (χ0v) is 13.0. The second-order valence-corrected chi connectivity index (χ2v) is 5.63. The predicted molar refractivity (Wildman–Crippen MR) is 82.4 cm³/mol. The molecular weight excluding hydrogens is 302 g/mol. The maximum Gasteiger partial charge on any atom is 0.0521 e. The van der Waals surface area contributed by atoms with Gasteiger partial charge in [0.2, 0.25) is 0 Å². The summed E-state index contributed by atoms with van der Waals surface area (Å²) < 4.78 is 3.11. The minimum absolute atomic E-state index is 0.469. The second-order valence-electron chi connectivity index (χ2n) is 4.72. The smallest absolute Gasteiger partial charge is 0.0521 e. The van der Waals surface area contributed by atoms with E-state index >= 15 is 0 Å². The first-order valence-electron chi connectivity index (χ1n) is 6.64. The van der Waals surface area contributed by atoms with Gasteiger partial charge in [-0.15, -0.1) is 0 Å². The fourth-order valence-electron chi connectivity index (χ4n) is 2.28. The van der Waals surface area contributed by atoms with Gasteiger partial charge < -0.3 is 5.32 Å². The summed E-state index contributed by atoms with van der Waals surface area (Å²) in [4.78, 5) is 0. The van der Waals surface area contributed by atoms with Crippen LogP contribution in [0.3, 0.4) is 0 Å². The van der Waals surface area contributed by atoms with Crippen molar-refractivity contribution in [2.45, 2.75) is 25.8 Å². The van der Waals surface area contributed by atoms with Crippen molar-refractivity contribution in [1.82, 2.24) is 15.1 Å². The molecule has 3 nitrogen and oxygen atoms in total. The number of rotatable bonds is 6. The number of hydrogen-bond acceptors (Lipinski definition) is 2. The molecule has 1 atom stereocenters. The van der Waals surface area contributed by atoms with E-state index in [4.69, 9.17) is 0 Å². The van der Waals surface area contributed by atoms with Gasteiger partial charge in [-0.25, -0.2) is 0 Å². The molecule has 1 aromatic carbocycles. The van der Waals surface area contributed by atoms with Crippen molar-refractivity contribution in [2.24, 2.45) is 0 Å². The SMILES string of the molecule is CCn1cc(CC(CNC)c2cccc(Br)c2)cn1. The molecule has 1 aromatic heterocycles. The minimum atomic E-state index is 0.469. The molecule has 0 saturated carbocycles. The number of hydrogen-bond donors (Lipinski definition) is 1. The van der Waals surface area contributed by atoms with E-state index in [1.807, 2.05) is 17.9 Å². The Kier molecular flexibility index (Phi) is 5.16. The summed E-state index contributed by atoms with van der Waals surface area (Å²) in [7, 11) is 2.00. The van der Waals surface area contributed by atoms with E-state index < -0.39 is 0 Å². The van der Waals surface area contributed by atoms with Crippen molar-refractivity contribution in [3.8, 4) is 0 Å². The molecule has 1 heterocycles.